The average molecular weight is 466 g/mol. The van der Waals surface area contributed by atoms with Gasteiger partial charge < -0.3 is 5.32 Å². The predicted octanol–water partition coefficient (Wildman–Crippen LogP) is 4.25. The molecule has 3 rings (SSSR count). The van der Waals surface area contributed by atoms with Gasteiger partial charge in [0.05, 0.1) is 11.3 Å². The second kappa shape index (κ2) is 8.20. The average Bonchev–Trinajstić information content (AvgIpc) is 2.66. The van der Waals surface area contributed by atoms with Gasteiger partial charge in [-0.05, 0) is 36.8 Å². The highest BCUT2D eigenvalue weighted by Crippen LogP contribution is 2.33. The lowest BCUT2D eigenvalue weighted by molar-refractivity contribution is -0.137. The van der Waals surface area contributed by atoms with E-state index in [1.54, 1.807) is 18.2 Å². The minimum Gasteiger partial charge on any atom is -0.346 e. The number of hydrogen-bond donors (Lipinski definition) is 1. The Bertz CT molecular complexity index is 1130. The van der Waals surface area contributed by atoms with Crippen molar-refractivity contribution in [2.24, 2.45) is 0 Å². The first-order valence-corrected chi connectivity index (χ1v) is 9.26. The molecule has 3 aromatic rings. The Morgan fingerprint density at radius 3 is 2.55 bits per heavy atom. The van der Waals surface area contributed by atoms with Crippen molar-refractivity contribution >= 4 is 21.8 Å². The molecule has 0 bridgehead atoms. The second-order valence-electron chi connectivity index (χ2n) is 6.24. The summed E-state index contributed by atoms with van der Waals surface area (Å²) in [7, 11) is 0. The number of para-hydroxylation sites is 1. The Morgan fingerprint density at radius 1 is 1.14 bits per heavy atom. The molecular weight excluding hydrogens is 451 g/mol. The summed E-state index contributed by atoms with van der Waals surface area (Å²) in [4.78, 5) is 24.7. The zero-order chi connectivity index (χ0) is 21.2. The molecule has 1 aromatic heterocycles. The topological polar surface area (TPSA) is 64.0 Å². The third-order valence-corrected chi connectivity index (χ3v) is 4.60. The van der Waals surface area contributed by atoms with Crippen molar-refractivity contribution < 1.29 is 18.0 Å². The van der Waals surface area contributed by atoms with Gasteiger partial charge in [0.15, 0.2) is 5.69 Å². The maximum atomic E-state index is 13.4. The van der Waals surface area contributed by atoms with Crippen LogP contribution in [-0.2, 0) is 12.7 Å². The molecule has 29 heavy (non-hydrogen) atoms. The van der Waals surface area contributed by atoms with Crippen LogP contribution < -0.4 is 10.7 Å². The van der Waals surface area contributed by atoms with Crippen LogP contribution in [0.25, 0.3) is 5.69 Å². The van der Waals surface area contributed by atoms with E-state index in [4.69, 9.17) is 0 Å². The SMILES string of the molecule is Cc1cc(=O)c(C(=O)NCc2cccc(Br)c2)nn1-c1ccccc1C(F)(F)F. The van der Waals surface area contributed by atoms with Gasteiger partial charge in [-0.25, -0.2) is 4.68 Å². The van der Waals surface area contributed by atoms with E-state index in [2.05, 4.69) is 26.3 Å². The number of benzene rings is 2. The fourth-order valence-electron chi connectivity index (χ4n) is 2.76. The van der Waals surface area contributed by atoms with E-state index in [9.17, 15) is 22.8 Å². The van der Waals surface area contributed by atoms with Crippen LogP contribution in [0.5, 0.6) is 0 Å². The third-order valence-electron chi connectivity index (χ3n) is 4.10. The van der Waals surface area contributed by atoms with Gasteiger partial charge in [-0.3, -0.25) is 9.59 Å². The summed E-state index contributed by atoms with van der Waals surface area (Å²) in [5.41, 5.74) is -1.38. The zero-order valence-electron chi connectivity index (χ0n) is 15.1. The normalized spacial score (nSPS) is 11.3. The minimum absolute atomic E-state index is 0.131. The first-order chi connectivity index (χ1) is 13.7. The smallest absolute Gasteiger partial charge is 0.346 e. The quantitative estimate of drug-likeness (QED) is 0.626. The van der Waals surface area contributed by atoms with Gasteiger partial charge in [0.2, 0.25) is 5.43 Å². The van der Waals surface area contributed by atoms with Gasteiger partial charge in [0.25, 0.3) is 5.91 Å². The molecule has 0 atom stereocenters. The van der Waals surface area contributed by atoms with Crippen LogP contribution in [-0.4, -0.2) is 15.7 Å². The molecule has 5 nitrogen and oxygen atoms in total. The van der Waals surface area contributed by atoms with Crippen LogP contribution in [0.2, 0.25) is 0 Å². The molecule has 0 saturated heterocycles. The molecule has 9 heteroatoms. The maximum absolute atomic E-state index is 13.4. The zero-order valence-corrected chi connectivity index (χ0v) is 16.7. The first kappa shape index (κ1) is 20.8. The number of amides is 1. The molecule has 0 fully saturated rings. The molecule has 1 N–H and O–H groups in total. The van der Waals surface area contributed by atoms with Gasteiger partial charge >= 0.3 is 6.18 Å². The number of nitrogens with one attached hydrogen (secondary N) is 1. The maximum Gasteiger partial charge on any atom is 0.418 e. The number of alkyl halides is 3. The predicted molar refractivity (Wildman–Crippen MR) is 105 cm³/mol. The van der Waals surface area contributed by atoms with E-state index in [1.807, 2.05) is 6.07 Å². The Kier molecular flexibility index (Phi) is 5.88. The molecule has 0 radical (unpaired) electrons. The van der Waals surface area contributed by atoms with Gasteiger partial charge in [-0.1, -0.05) is 40.2 Å². The van der Waals surface area contributed by atoms with E-state index < -0.39 is 28.8 Å². The molecule has 0 spiro atoms. The first-order valence-electron chi connectivity index (χ1n) is 8.47. The highest BCUT2D eigenvalue weighted by Gasteiger charge is 2.34. The standard InChI is InChI=1S/C20H15BrF3N3O2/c1-12-9-17(28)18(19(29)25-11-13-5-4-6-14(21)10-13)26-27(12)16-8-3-2-7-15(16)20(22,23)24/h2-10H,11H2,1H3,(H,25,29). The summed E-state index contributed by atoms with van der Waals surface area (Å²) in [6.45, 7) is 1.58. The fourth-order valence-corrected chi connectivity index (χ4v) is 3.21. The van der Waals surface area contributed by atoms with Crippen LogP contribution >= 0.6 is 15.9 Å². The molecule has 150 valence electrons. The minimum atomic E-state index is -4.61. The molecule has 2 aromatic carbocycles. The number of aryl methyl sites for hydroxylation is 1. The fraction of sp³-hybridized carbons (Fsp3) is 0.150. The lowest BCUT2D eigenvalue weighted by Gasteiger charge is -2.16. The van der Waals surface area contributed by atoms with Crippen LogP contribution in [0.1, 0.15) is 27.3 Å². The Labute approximate surface area is 172 Å². The van der Waals surface area contributed by atoms with Crippen LogP contribution in [0, 0.1) is 6.92 Å². The number of nitrogens with zero attached hydrogens (tertiary/aromatic N) is 2. The number of carbonyl (C=O) groups is 1. The highest BCUT2D eigenvalue weighted by atomic mass is 79.9. The van der Waals surface area contributed by atoms with E-state index in [-0.39, 0.29) is 17.9 Å². The van der Waals surface area contributed by atoms with Crippen LogP contribution in [0.4, 0.5) is 13.2 Å². The third kappa shape index (κ3) is 4.73. The number of hydrogen-bond acceptors (Lipinski definition) is 3. The Morgan fingerprint density at radius 2 is 1.86 bits per heavy atom. The Balaban J connectivity index is 1.97. The van der Waals surface area contributed by atoms with Crippen molar-refractivity contribution in [2.75, 3.05) is 0 Å². The van der Waals surface area contributed by atoms with Crippen molar-refractivity contribution in [3.63, 3.8) is 0 Å². The van der Waals surface area contributed by atoms with Gasteiger partial charge in [-0.15, -0.1) is 0 Å². The monoisotopic (exact) mass is 465 g/mol. The Hall–Kier alpha value is -2.94. The van der Waals surface area contributed by atoms with Crippen molar-refractivity contribution in [1.82, 2.24) is 15.1 Å². The number of carbonyl (C=O) groups excluding carboxylic acids is 1. The summed E-state index contributed by atoms with van der Waals surface area (Å²) in [6, 6.07) is 13.1. The van der Waals surface area contributed by atoms with E-state index in [0.29, 0.717) is 0 Å². The summed E-state index contributed by atoms with van der Waals surface area (Å²) >= 11 is 3.32. The molecular formula is C20H15BrF3N3O2. The van der Waals surface area contributed by atoms with Crippen molar-refractivity contribution in [3.8, 4) is 5.69 Å². The lowest BCUT2D eigenvalue weighted by atomic mass is 10.1. The van der Waals surface area contributed by atoms with Crippen LogP contribution in [0.3, 0.4) is 0 Å². The summed E-state index contributed by atoms with van der Waals surface area (Å²) < 4.78 is 41.9. The summed E-state index contributed by atoms with van der Waals surface area (Å²) in [5, 5.41) is 6.50. The lowest BCUT2D eigenvalue weighted by Crippen LogP contribution is -2.32. The highest BCUT2D eigenvalue weighted by molar-refractivity contribution is 9.10. The van der Waals surface area contributed by atoms with Gasteiger partial charge in [-0.2, -0.15) is 18.3 Å². The largest absolute Gasteiger partial charge is 0.418 e. The summed E-state index contributed by atoms with van der Waals surface area (Å²) in [5.74, 6) is -0.770. The van der Waals surface area contributed by atoms with E-state index in [0.717, 1.165) is 26.9 Å². The number of aromatic nitrogens is 2. The number of rotatable bonds is 4. The van der Waals surface area contributed by atoms with Gasteiger partial charge in [0.1, 0.15) is 0 Å². The molecule has 1 amide bonds. The second-order valence-corrected chi connectivity index (χ2v) is 7.15. The molecule has 0 unspecified atom stereocenters. The van der Waals surface area contributed by atoms with E-state index >= 15 is 0 Å². The molecule has 0 aliphatic rings. The van der Waals surface area contributed by atoms with Crippen molar-refractivity contribution in [2.45, 2.75) is 19.6 Å². The summed E-state index contributed by atoms with van der Waals surface area (Å²) in [6.07, 6.45) is -4.61. The molecule has 0 aliphatic heterocycles. The molecule has 0 saturated carbocycles. The molecule has 1 heterocycles. The van der Waals surface area contributed by atoms with Crippen molar-refractivity contribution in [3.05, 3.63) is 91.8 Å². The van der Waals surface area contributed by atoms with Gasteiger partial charge in [0, 0.05) is 22.8 Å². The molecule has 0 aliphatic carbocycles. The van der Waals surface area contributed by atoms with Crippen LogP contribution in [0.15, 0.2) is 63.9 Å². The number of halogens is 4. The van der Waals surface area contributed by atoms with Crippen molar-refractivity contribution in [1.29, 1.82) is 0 Å². The van der Waals surface area contributed by atoms with E-state index in [1.165, 1.54) is 25.1 Å².